The summed E-state index contributed by atoms with van der Waals surface area (Å²) in [4.78, 5) is 23.6. The van der Waals surface area contributed by atoms with E-state index in [1.165, 1.54) is 26.4 Å². The molecule has 0 aromatic heterocycles. The van der Waals surface area contributed by atoms with Crippen molar-refractivity contribution in [3.63, 3.8) is 0 Å². The number of carbonyl (C=O) groups excluding carboxylic acids is 1. The summed E-state index contributed by atoms with van der Waals surface area (Å²) in [5.41, 5.74) is 1.86. The number of nitriles is 1. The number of nitrogens with zero attached hydrogens (tertiary/aromatic N) is 5. The fraction of sp³-hybridized carbons (Fsp3) is 0.444. The van der Waals surface area contributed by atoms with Gasteiger partial charge in [0.1, 0.15) is 17.7 Å². The first-order valence-corrected chi connectivity index (χ1v) is 12.3. The molecule has 2 heterocycles. The van der Waals surface area contributed by atoms with Crippen LogP contribution in [0.2, 0.25) is 0 Å². The highest BCUT2D eigenvalue weighted by Crippen LogP contribution is 2.45. The number of hydrogen-bond acceptors (Lipinski definition) is 6. The van der Waals surface area contributed by atoms with E-state index in [4.69, 9.17) is 19.2 Å². The van der Waals surface area contributed by atoms with Gasteiger partial charge in [0.05, 0.1) is 38.7 Å². The van der Waals surface area contributed by atoms with Crippen LogP contribution in [-0.2, 0) is 4.74 Å². The molecule has 2 aromatic carbocycles. The summed E-state index contributed by atoms with van der Waals surface area (Å²) < 4.78 is 30.1. The summed E-state index contributed by atoms with van der Waals surface area (Å²) in [6.45, 7) is 6.91. The number of hydrogen-bond donors (Lipinski definition) is 0. The Morgan fingerprint density at radius 3 is 2.30 bits per heavy atom. The van der Waals surface area contributed by atoms with Gasteiger partial charge in [0.15, 0.2) is 11.5 Å². The number of rotatable bonds is 4. The lowest BCUT2D eigenvalue weighted by Crippen LogP contribution is -2.49. The summed E-state index contributed by atoms with van der Waals surface area (Å²) >= 11 is 0. The maximum Gasteiger partial charge on any atom is 0.320 e. The molecule has 2 saturated heterocycles. The Hall–Kier alpha value is -3.84. The Labute approximate surface area is 216 Å². The zero-order valence-electron chi connectivity index (χ0n) is 21.5. The highest BCUT2D eigenvalue weighted by molar-refractivity contribution is 5.89. The number of morpholine rings is 1. The number of amidine groups is 1. The number of carbonyl (C=O) groups is 1. The third kappa shape index (κ3) is 5.78. The van der Waals surface area contributed by atoms with Crippen LogP contribution in [0.4, 0.5) is 14.9 Å². The summed E-state index contributed by atoms with van der Waals surface area (Å²) in [7, 11) is 3.02. The monoisotopic (exact) mass is 509 g/mol. The highest BCUT2D eigenvalue weighted by Gasteiger charge is 2.26. The maximum atomic E-state index is 13.6. The van der Waals surface area contributed by atoms with E-state index in [1.807, 2.05) is 16.7 Å². The molecule has 196 valence electrons. The van der Waals surface area contributed by atoms with E-state index < -0.39 is 0 Å². The second-order valence-electron chi connectivity index (χ2n) is 8.87. The fourth-order valence-corrected chi connectivity index (χ4v) is 4.71. The van der Waals surface area contributed by atoms with Crippen molar-refractivity contribution in [2.45, 2.75) is 13.3 Å². The lowest BCUT2D eigenvalue weighted by Gasteiger charge is -2.32. The Kier molecular flexibility index (Phi) is 8.46. The molecule has 2 amide bonds. The molecule has 0 spiro atoms. The molecule has 0 unspecified atom stereocenters. The lowest BCUT2D eigenvalue weighted by atomic mass is 9.97. The average molecular weight is 510 g/mol. The van der Waals surface area contributed by atoms with Gasteiger partial charge in [-0.3, -0.25) is 0 Å². The van der Waals surface area contributed by atoms with E-state index in [0.29, 0.717) is 79.8 Å². The zero-order chi connectivity index (χ0) is 26.4. The number of ether oxygens (including phenoxy) is 3. The fourth-order valence-electron chi connectivity index (χ4n) is 4.71. The first-order valence-electron chi connectivity index (χ1n) is 12.3. The SMILES string of the molecule is COc1cc(/N=C(\C)N2CCCN(C(=O)N3CCOCC3)CC2)c(C#N)c(-c2ccc(F)cc2)c1OC. The van der Waals surface area contributed by atoms with E-state index >= 15 is 0 Å². The third-order valence-electron chi connectivity index (χ3n) is 6.68. The van der Waals surface area contributed by atoms with Crippen LogP contribution in [0, 0.1) is 17.1 Å². The Morgan fingerprint density at radius 2 is 1.65 bits per heavy atom. The van der Waals surface area contributed by atoms with E-state index in [-0.39, 0.29) is 11.8 Å². The molecule has 10 heteroatoms. The molecule has 0 saturated carbocycles. The molecule has 0 radical (unpaired) electrons. The van der Waals surface area contributed by atoms with Crippen LogP contribution < -0.4 is 9.47 Å². The van der Waals surface area contributed by atoms with Crippen LogP contribution in [-0.4, -0.2) is 93.3 Å². The molecule has 9 nitrogen and oxygen atoms in total. The molecule has 2 aromatic rings. The van der Waals surface area contributed by atoms with Crippen LogP contribution in [0.5, 0.6) is 11.5 Å². The number of aliphatic imine (C=N–C) groups is 1. The maximum absolute atomic E-state index is 13.6. The van der Waals surface area contributed by atoms with Crippen molar-refractivity contribution in [2.24, 2.45) is 4.99 Å². The van der Waals surface area contributed by atoms with Crippen LogP contribution >= 0.6 is 0 Å². The number of benzene rings is 2. The summed E-state index contributed by atoms with van der Waals surface area (Å²) in [5.74, 6) is 1.16. The van der Waals surface area contributed by atoms with Crippen molar-refractivity contribution in [1.82, 2.24) is 14.7 Å². The highest BCUT2D eigenvalue weighted by atomic mass is 19.1. The van der Waals surface area contributed by atoms with Gasteiger partial charge in [-0.1, -0.05) is 12.1 Å². The Bertz CT molecular complexity index is 1190. The van der Waals surface area contributed by atoms with Crippen LogP contribution in [0.15, 0.2) is 35.3 Å². The average Bonchev–Trinajstić information content (AvgIpc) is 3.19. The van der Waals surface area contributed by atoms with Gasteiger partial charge >= 0.3 is 6.03 Å². The molecule has 0 bridgehead atoms. The molecule has 0 N–H and O–H groups in total. The minimum Gasteiger partial charge on any atom is -0.493 e. The molecular weight excluding hydrogens is 477 g/mol. The van der Waals surface area contributed by atoms with Gasteiger partial charge in [-0.25, -0.2) is 14.2 Å². The van der Waals surface area contributed by atoms with Gasteiger partial charge in [0.25, 0.3) is 0 Å². The molecular formula is C27H32FN5O4. The molecule has 2 fully saturated rings. The molecule has 0 aliphatic carbocycles. The molecule has 0 atom stereocenters. The lowest BCUT2D eigenvalue weighted by molar-refractivity contribution is 0.0437. The Morgan fingerprint density at radius 1 is 1.00 bits per heavy atom. The van der Waals surface area contributed by atoms with Gasteiger partial charge in [-0.15, -0.1) is 0 Å². The van der Waals surface area contributed by atoms with Crippen LogP contribution in [0.25, 0.3) is 11.1 Å². The number of methoxy groups -OCH3 is 2. The van der Waals surface area contributed by atoms with E-state index in [9.17, 15) is 14.4 Å². The number of urea groups is 1. The zero-order valence-corrected chi connectivity index (χ0v) is 21.5. The Balaban J connectivity index is 1.62. The van der Waals surface area contributed by atoms with Crippen molar-refractivity contribution in [2.75, 3.05) is 66.7 Å². The smallest absolute Gasteiger partial charge is 0.320 e. The van der Waals surface area contributed by atoms with Gasteiger partial charge in [-0.2, -0.15) is 5.26 Å². The van der Waals surface area contributed by atoms with Gasteiger partial charge < -0.3 is 28.9 Å². The van der Waals surface area contributed by atoms with Gasteiger partial charge in [0.2, 0.25) is 0 Å². The molecule has 4 rings (SSSR count). The van der Waals surface area contributed by atoms with Crippen molar-refractivity contribution in [3.05, 3.63) is 41.7 Å². The second kappa shape index (κ2) is 11.9. The number of halogens is 1. The van der Waals surface area contributed by atoms with Gasteiger partial charge in [-0.05, 0) is 31.0 Å². The first-order chi connectivity index (χ1) is 18.0. The predicted octanol–water partition coefficient (Wildman–Crippen LogP) is 3.89. The molecule has 2 aliphatic heterocycles. The summed E-state index contributed by atoms with van der Waals surface area (Å²) in [6.07, 6.45) is 0.806. The minimum absolute atomic E-state index is 0.0512. The summed E-state index contributed by atoms with van der Waals surface area (Å²) in [5, 5.41) is 10.1. The summed E-state index contributed by atoms with van der Waals surface area (Å²) in [6, 6.07) is 9.87. The normalized spacial score (nSPS) is 16.7. The molecule has 37 heavy (non-hydrogen) atoms. The quantitative estimate of drug-likeness (QED) is 0.459. The predicted molar refractivity (Wildman–Crippen MR) is 138 cm³/mol. The number of amides is 2. The second-order valence-corrected chi connectivity index (χ2v) is 8.87. The standard InChI is InChI=1S/C27H32FN5O4/c1-19(31-9-4-10-32(12-11-31)27(34)33-13-15-37-16-14-33)30-23-17-24(35-2)26(36-3)25(22(23)18-29)20-5-7-21(28)8-6-20/h5-8,17H,4,9-16H2,1-3H3/b30-19+. The van der Waals surface area contributed by atoms with Crippen molar-refractivity contribution >= 4 is 17.6 Å². The molecule has 2 aliphatic rings. The van der Waals surface area contributed by atoms with Crippen molar-refractivity contribution in [3.8, 4) is 28.7 Å². The van der Waals surface area contributed by atoms with E-state index in [2.05, 4.69) is 11.0 Å². The van der Waals surface area contributed by atoms with Crippen molar-refractivity contribution in [1.29, 1.82) is 5.26 Å². The van der Waals surface area contributed by atoms with Gasteiger partial charge in [0, 0.05) is 50.9 Å². The van der Waals surface area contributed by atoms with E-state index in [0.717, 1.165) is 18.8 Å². The first kappa shape index (κ1) is 26.2. The third-order valence-corrected chi connectivity index (χ3v) is 6.68. The van der Waals surface area contributed by atoms with E-state index in [1.54, 1.807) is 18.2 Å². The van der Waals surface area contributed by atoms with Crippen LogP contribution in [0.3, 0.4) is 0 Å². The van der Waals surface area contributed by atoms with Crippen LogP contribution in [0.1, 0.15) is 18.9 Å². The largest absolute Gasteiger partial charge is 0.493 e. The van der Waals surface area contributed by atoms with Crippen molar-refractivity contribution < 1.29 is 23.4 Å². The minimum atomic E-state index is -0.375. The topological polar surface area (TPSA) is 90.6 Å².